The van der Waals surface area contributed by atoms with Crippen molar-refractivity contribution in [2.45, 2.75) is 0 Å². The molecular weight excluding hydrogens is 257 g/mol. The van der Waals surface area contributed by atoms with E-state index in [0.717, 1.165) is 6.08 Å². The summed E-state index contributed by atoms with van der Waals surface area (Å²) in [6, 6.07) is 0. The summed E-state index contributed by atoms with van der Waals surface area (Å²) in [7, 11) is 0. The second kappa shape index (κ2) is 5.31. The molecule has 6 nitrogen and oxygen atoms in total. The first-order valence-electron chi connectivity index (χ1n) is 3.58. The van der Waals surface area contributed by atoms with Gasteiger partial charge in [-0.05, 0) is 0 Å². The summed E-state index contributed by atoms with van der Waals surface area (Å²) in [6.07, 6.45) is 0.810. The minimum absolute atomic E-state index is 0.0294. The molecule has 7 heteroatoms. The van der Waals surface area contributed by atoms with Crippen molar-refractivity contribution in [1.29, 1.82) is 0 Å². The second-order valence-corrected chi connectivity index (χ2v) is 3.87. The van der Waals surface area contributed by atoms with Gasteiger partial charge in [-0.1, -0.05) is 0 Å². The molecule has 0 aromatic heterocycles. The van der Waals surface area contributed by atoms with Gasteiger partial charge in [-0.2, -0.15) is 0 Å². The van der Waals surface area contributed by atoms with E-state index in [1.165, 1.54) is 0 Å². The van der Waals surface area contributed by atoms with Crippen molar-refractivity contribution in [3.8, 4) is 0 Å². The van der Waals surface area contributed by atoms with Gasteiger partial charge in [0.1, 0.15) is 0 Å². The summed E-state index contributed by atoms with van der Waals surface area (Å²) in [5.74, 6) is -4.54. The van der Waals surface area contributed by atoms with E-state index in [-0.39, 0.29) is 17.9 Å². The number of rotatable bonds is 5. The number of hydrogen-bond donors (Lipinski definition) is 3. The molecule has 0 aliphatic heterocycles. The first-order chi connectivity index (χ1) is 6.82. The maximum absolute atomic E-state index is 10.7. The molecule has 0 heterocycles. The van der Waals surface area contributed by atoms with Crippen molar-refractivity contribution in [1.82, 2.24) is 0 Å². The standard InChI is InChI=1S/C8H6O6.Zn/c1-2-4(7(11)12)5(8(13)14)3-6(9)10;/h2H,1H2,(H,9,10)(H,11,12)(H,13,14);/b5-4-;. The van der Waals surface area contributed by atoms with Gasteiger partial charge in [0.05, 0.1) is 0 Å². The van der Waals surface area contributed by atoms with Crippen LogP contribution >= 0.6 is 0 Å². The molecule has 0 aliphatic carbocycles. The Morgan fingerprint density at radius 3 is 1.67 bits per heavy atom. The number of carboxylic acid groups (broad SMARTS) is 3. The zero-order chi connectivity index (χ0) is 12.2. The monoisotopic (exact) mass is 262 g/mol. The summed E-state index contributed by atoms with van der Waals surface area (Å²) in [5, 5.41) is 25.9. The quantitative estimate of drug-likeness (QED) is 0.348. The molecule has 0 aromatic rings. The zero-order valence-corrected chi connectivity index (χ0v) is 10.5. The van der Waals surface area contributed by atoms with E-state index in [4.69, 9.17) is 15.3 Å². The van der Waals surface area contributed by atoms with Crippen LogP contribution in [0.4, 0.5) is 0 Å². The van der Waals surface area contributed by atoms with Gasteiger partial charge in [0.2, 0.25) is 0 Å². The summed E-state index contributed by atoms with van der Waals surface area (Å²) in [5.41, 5.74) is -1.34. The van der Waals surface area contributed by atoms with Crippen LogP contribution in [0.3, 0.4) is 0 Å². The molecule has 0 amide bonds. The van der Waals surface area contributed by atoms with Crippen LogP contribution in [0.1, 0.15) is 0 Å². The van der Waals surface area contributed by atoms with Gasteiger partial charge < -0.3 is 0 Å². The van der Waals surface area contributed by atoms with E-state index in [1.807, 2.05) is 0 Å². The molecule has 0 unspecified atom stereocenters. The van der Waals surface area contributed by atoms with Crippen LogP contribution in [0.2, 0.25) is 0 Å². The van der Waals surface area contributed by atoms with Crippen LogP contribution in [-0.2, 0) is 32.2 Å². The molecule has 0 saturated carbocycles. The SMILES string of the molecule is C=C/C(C(=O)O)=C(/C(=O)O)[C](=[Zn])C(=O)O. The average molecular weight is 264 g/mol. The summed E-state index contributed by atoms with van der Waals surface area (Å²) >= 11 is 0.0294. The second-order valence-electron chi connectivity index (χ2n) is 2.39. The van der Waals surface area contributed by atoms with Crippen molar-refractivity contribution in [2.24, 2.45) is 0 Å². The molecular formula is C8H6O6Zn. The first kappa shape index (κ1) is 13.4. The molecule has 0 radical (unpaired) electrons. The summed E-state index contributed by atoms with van der Waals surface area (Å²) in [4.78, 5) is 31.9. The molecule has 0 fully saturated rings. The maximum atomic E-state index is 10.7. The van der Waals surface area contributed by atoms with Crippen LogP contribution in [0.5, 0.6) is 0 Å². The van der Waals surface area contributed by atoms with Gasteiger partial charge >= 0.3 is 93.4 Å². The van der Waals surface area contributed by atoms with Crippen LogP contribution in [0, 0.1) is 0 Å². The molecule has 3 N–H and O–H groups in total. The van der Waals surface area contributed by atoms with Crippen LogP contribution in [0.25, 0.3) is 0 Å². The van der Waals surface area contributed by atoms with Crippen molar-refractivity contribution >= 4 is 22.0 Å². The number of carbonyl (C=O) groups is 3. The number of carboxylic acids is 3. The molecule has 15 heavy (non-hydrogen) atoms. The number of aliphatic carboxylic acids is 3. The Kier molecular flexibility index (Phi) is 4.74. The number of hydrogen-bond acceptors (Lipinski definition) is 3. The normalized spacial score (nSPS) is 11.3. The fourth-order valence-corrected chi connectivity index (χ4v) is 1.53. The van der Waals surface area contributed by atoms with Crippen molar-refractivity contribution in [3.05, 3.63) is 23.8 Å². The van der Waals surface area contributed by atoms with Crippen LogP contribution in [0.15, 0.2) is 23.8 Å². The van der Waals surface area contributed by atoms with Gasteiger partial charge in [-0.25, -0.2) is 0 Å². The predicted molar refractivity (Wildman–Crippen MR) is 45.1 cm³/mol. The average Bonchev–Trinajstić information content (AvgIpc) is 2.11. The Hall–Kier alpha value is -1.62. The molecule has 0 aliphatic rings. The topological polar surface area (TPSA) is 112 Å². The molecule has 76 valence electrons. The minimum atomic E-state index is -1.59. The third-order valence-corrected chi connectivity index (χ3v) is 2.85. The molecule has 0 aromatic carbocycles. The molecule has 0 atom stereocenters. The van der Waals surface area contributed by atoms with E-state index < -0.39 is 33.2 Å². The third kappa shape index (κ3) is 3.21. The molecule has 0 saturated heterocycles. The van der Waals surface area contributed by atoms with Gasteiger partial charge in [0.15, 0.2) is 0 Å². The van der Waals surface area contributed by atoms with E-state index in [1.54, 1.807) is 0 Å². The van der Waals surface area contributed by atoms with Crippen molar-refractivity contribution < 1.29 is 47.6 Å². The third-order valence-electron chi connectivity index (χ3n) is 1.48. The Bertz CT molecular complexity index is 392. The van der Waals surface area contributed by atoms with Gasteiger partial charge in [0, 0.05) is 0 Å². The fraction of sp³-hybridized carbons (Fsp3) is 0. The Morgan fingerprint density at radius 2 is 1.47 bits per heavy atom. The van der Waals surface area contributed by atoms with E-state index in [0.29, 0.717) is 0 Å². The van der Waals surface area contributed by atoms with Gasteiger partial charge in [-0.3, -0.25) is 0 Å². The van der Waals surface area contributed by atoms with E-state index in [2.05, 4.69) is 6.58 Å². The fourth-order valence-electron chi connectivity index (χ4n) is 0.810. The predicted octanol–water partition coefficient (Wildman–Crippen LogP) is -0.558. The first-order valence-corrected chi connectivity index (χ1v) is 5.07. The van der Waals surface area contributed by atoms with Crippen LogP contribution in [-0.4, -0.2) is 37.3 Å². The molecule has 0 rings (SSSR count). The molecule has 0 spiro atoms. The van der Waals surface area contributed by atoms with Crippen molar-refractivity contribution in [3.63, 3.8) is 0 Å². The van der Waals surface area contributed by atoms with Gasteiger partial charge in [0.25, 0.3) is 0 Å². The Balaban J connectivity index is 5.77. The Morgan fingerprint density at radius 1 is 1.00 bits per heavy atom. The summed E-state index contributed by atoms with van der Waals surface area (Å²) in [6.45, 7) is 3.13. The summed E-state index contributed by atoms with van der Waals surface area (Å²) < 4.78 is -0.431. The molecule has 0 bridgehead atoms. The zero-order valence-electron chi connectivity index (χ0n) is 7.56. The van der Waals surface area contributed by atoms with Crippen LogP contribution < -0.4 is 0 Å². The van der Waals surface area contributed by atoms with Gasteiger partial charge in [-0.15, -0.1) is 0 Å². The van der Waals surface area contributed by atoms with E-state index in [9.17, 15) is 14.4 Å². The van der Waals surface area contributed by atoms with Crippen molar-refractivity contribution in [2.75, 3.05) is 0 Å². The Labute approximate surface area is 93.7 Å². The van der Waals surface area contributed by atoms with E-state index >= 15 is 0 Å².